The second kappa shape index (κ2) is 9.02. The Hall–Kier alpha value is -2.36. The van der Waals surface area contributed by atoms with Crippen molar-refractivity contribution in [3.05, 3.63) is 57.6 Å². The van der Waals surface area contributed by atoms with Gasteiger partial charge in [-0.15, -0.1) is 0 Å². The van der Waals surface area contributed by atoms with E-state index in [9.17, 15) is 10.1 Å². The van der Waals surface area contributed by atoms with E-state index in [0.717, 1.165) is 24.8 Å². The van der Waals surface area contributed by atoms with Gasteiger partial charge in [0.2, 0.25) is 0 Å². The summed E-state index contributed by atoms with van der Waals surface area (Å²) < 4.78 is 6.67. The molecule has 0 atom stereocenters. The van der Waals surface area contributed by atoms with Crippen molar-refractivity contribution in [3.63, 3.8) is 0 Å². The van der Waals surface area contributed by atoms with Gasteiger partial charge in [-0.2, -0.15) is 5.26 Å². The highest BCUT2D eigenvalue weighted by Crippen LogP contribution is 2.34. The number of nitrogens with zero attached hydrogens (tertiary/aromatic N) is 1. The Morgan fingerprint density at radius 1 is 1.19 bits per heavy atom. The van der Waals surface area contributed by atoms with Crippen molar-refractivity contribution in [1.82, 2.24) is 10.6 Å². The van der Waals surface area contributed by atoms with Crippen molar-refractivity contribution in [1.29, 1.82) is 5.26 Å². The summed E-state index contributed by atoms with van der Waals surface area (Å²) in [7, 11) is 0. The maximum Gasteiger partial charge on any atom is 0.251 e. The molecule has 1 aliphatic heterocycles. The molecule has 0 spiro atoms. The molecule has 0 radical (unpaired) electrons. The molecular formula is C25H30BrN3O2. The van der Waals surface area contributed by atoms with Gasteiger partial charge in [-0.05, 0) is 92.7 Å². The molecule has 0 aliphatic carbocycles. The number of amides is 1. The molecule has 2 aromatic carbocycles. The van der Waals surface area contributed by atoms with Crippen LogP contribution in [0.1, 0.15) is 68.9 Å². The molecule has 5 nitrogen and oxygen atoms in total. The lowest BCUT2D eigenvalue weighted by Crippen LogP contribution is -2.62. The van der Waals surface area contributed by atoms with Crippen molar-refractivity contribution in [2.24, 2.45) is 0 Å². The van der Waals surface area contributed by atoms with Gasteiger partial charge in [-0.3, -0.25) is 4.79 Å². The standard InChI is InChI=1S/C25H30BrN3O2/c1-6-16-8-7-9-21(19(16)15-27)31-22-11-10-17(12-20(22)26)23(30)28-18-13-24(2,3)29-25(4,5)14-18/h7-12,18,29H,6,13-14H2,1-5H3,(H,28,30). The summed E-state index contributed by atoms with van der Waals surface area (Å²) in [6.45, 7) is 10.7. The van der Waals surface area contributed by atoms with Crippen LogP contribution in [0, 0.1) is 11.3 Å². The van der Waals surface area contributed by atoms with Gasteiger partial charge in [-0.1, -0.05) is 19.1 Å². The van der Waals surface area contributed by atoms with E-state index in [4.69, 9.17) is 4.74 Å². The third-order valence-electron chi connectivity index (χ3n) is 5.54. The normalized spacial score (nSPS) is 17.6. The molecule has 0 bridgehead atoms. The van der Waals surface area contributed by atoms with Crippen LogP contribution in [0.15, 0.2) is 40.9 Å². The zero-order valence-corrected chi connectivity index (χ0v) is 20.4. The van der Waals surface area contributed by atoms with Crippen molar-refractivity contribution in [2.75, 3.05) is 0 Å². The molecule has 0 saturated carbocycles. The number of halogens is 1. The molecule has 1 aliphatic rings. The molecule has 2 aromatic rings. The Kier molecular flexibility index (Phi) is 6.78. The maximum atomic E-state index is 12.9. The van der Waals surface area contributed by atoms with Gasteiger partial charge in [-0.25, -0.2) is 0 Å². The molecule has 3 rings (SSSR count). The molecule has 6 heteroatoms. The van der Waals surface area contributed by atoms with E-state index in [1.54, 1.807) is 24.3 Å². The van der Waals surface area contributed by atoms with Gasteiger partial charge in [0.05, 0.1) is 10.0 Å². The highest BCUT2D eigenvalue weighted by Gasteiger charge is 2.38. The Balaban J connectivity index is 1.75. The Morgan fingerprint density at radius 3 is 2.45 bits per heavy atom. The number of hydrogen-bond acceptors (Lipinski definition) is 4. The van der Waals surface area contributed by atoms with E-state index in [1.165, 1.54) is 0 Å². The first kappa shape index (κ1) is 23.3. The summed E-state index contributed by atoms with van der Waals surface area (Å²) in [5, 5.41) is 16.4. The second-order valence-corrected chi connectivity index (χ2v) is 10.3. The first-order valence-corrected chi connectivity index (χ1v) is 11.4. The summed E-state index contributed by atoms with van der Waals surface area (Å²) in [5.74, 6) is 0.973. The molecule has 2 N–H and O–H groups in total. The van der Waals surface area contributed by atoms with Crippen LogP contribution in [0.4, 0.5) is 0 Å². The number of hydrogen-bond donors (Lipinski definition) is 2. The van der Waals surface area contributed by atoms with Crippen molar-refractivity contribution in [2.45, 2.75) is 71.0 Å². The van der Waals surface area contributed by atoms with Crippen LogP contribution in [-0.2, 0) is 6.42 Å². The monoisotopic (exact) mass is 483 g/mol. The van der Waals surface area contributed by atoms with Gasteiger partial charge in [0, 0.05) is 22.7 Å². The van der Waals surface area contributed by atoms with E-state index in [2.05, 4.69) is 60.3 Å². The van der Waals surface area contributed by atoms with E-state index in [0.29, 0.717) is 27.1 Å². The van der Waals surface area contributed by atoms with Crippen LogP contribution < -0.4 is 15.4 Å². The second-order valence-electron chi connectivity index (χ2n) is 9.47. The Bertz CT molecular complexity index is 1010. The minimum Gasteiger partial charge on any atom is -0.455 e. The van der Waals surface area contributed by atoms with Crippen LogP contribution in [0.3, 0.4) is 0 Å². The smallest absolute Gasteiger partial charge is 0.251 e. The Labute approximate surface area is 193 Å². The number of nitriles is 1. The van der Waals surface area contributed by atoms with E-state index >= 15 is 0 Å². The highest BCUT2D eigenvalue weighted by atomic mass is 79.9. The summed E-state index contributed by atoms with van der Waals surface area (Å²) in [5.41, 5.74) is 1.97. The molecule has 31 heavy (non-hydrogen) atoms. The quantitative estimate of drug-likeness (QED) is 0.570. The number of nitrogens with one attached hydrogen (secondary N) is 2. The minimum atomic E-state index is -0.101. The van der Waals surface area contributed by atoms with Gasteiger partial charge >= 0.3 is 0 Å². The third-order valence-corrected chi connectivity index (χ3v) is 6.16. The lowest BCUT2D eigenvalue weighted by atomic mass is 9.79. The number of benzene rings is 2. The number of ether oxygens (including phenoxy) is 1. The lowest BCUT2D eigenvalue weighted by Gasteiger charge is -2.46. The number of rotatable bonds is 5. The topological polar surface area (TPSA) is 74.2 Å². The van der Waals surface area contributed by atoms with E-state index in [-0.39, 0.29) is 23.0 Å². The van der Waals surface area contributed by atoms with Gasteiger partial charge in [0.15, 0.2) is 0 Å². The van der Waals surface area contributed by atoms with Crippen molar-refractivity contribution < 1.29 is 9.53 Å². The fourth-order valence-electron chi connectivity index (χ4n) is 4.62. The van der Waals surface area contributed by atoms with Crippen LogP contribution in [0.5, 0.6) is 11.5 Å². The van der Waals surface area contributed by atoms with Crippen molar-refractivity contribution >= 4 is 21.8 Å². The van der Waals surface area contributed by atoms with Crippen LogP contribution in [0.2, 0.25) is 0 Å². The Morgan fingerprint density at radius 2 is 1.87 bits per heavy atom. The first-order chi connectivity index (χ1) is 14.5. The van der Waals surface area contributed by atoms with Gasteiger partial charge < -0.3 is 15.4 Å². The number of carbonyl (C=O) groups is 1. The maximum absolute atomic E-state index is 12.9. The van der Waals surface area contributed by atoms with Gasteiger partial charge in [0.1, 0.15) is 17.6 Å². The van der Waals surface area contributed by atoms with Crippen LogP contribution >= 0.6 is 15.9 Å². The zero-order valence-electron chi connectivity index (χ0n) is 18.8. The first-order valence-electron chi connectivity index (χ1n) is 10.6. The predicted molar refractivity (Wildman–Crippen MR) is 127 cm³/mol. The lowest BCUT2D eigenvalue weighted by molar-refractivity contribution is 0.0873. The van der Waals surface area contributed by atoms with Gasteiger partial charge in [0.25, 0.3) is 5.91 Å². The SMILES string of the molecule is CCc1cccc(Oc2ccc(C(=O)NC3CC(C)(C)NC(C)(C)C3)cc2Br)c1C#N. The van der Waals surface area contributed by atoms with Crippen molar-refractivity contribution in [3.8, 4) is 17.6 Å². The molecule has 1 amide bonds. The summed E-state index contributed by atoms with van der Waals surface area (Å²) in [6, 6.07) is 13.2. The fraction of sp³-hybridized carbons (Fsp3) is 0.440. The third kappa shape index (κ3) is 5.66. The molecule has 0 aromatic heterocycles. The number of aryl methyl sites for hydroxylation is 1. The van der Waals surface area contributed by atoms with E-state index < -0.39 is 0 Å². The highest BCUT2D eigenvalue weighted by molar-refractivity contribution is 9.10. The molecule has 1 fully saturated rings. The van der Waals surface area contributed by atoms with Crippen LogP contribution in [0.25, 0.3) is 0 Å². The zero-order chi connectivity index (χ0) is 22.8. The summed E-state index contributed by atoms with van der Waals surface area (Å²) >= 11 is 3.52. The summed E-state index contributed by atoms with van der Waals surface area (Å²) in [4.78, 5) is 12.9. The average molecular weight is 484 g/mol. The summed E-state index contributed by atoms with van der Waals surface area (Å²) in [6.07, 6.45) is 2.50. The molecule has 1 heterocycles. The predicted octanol–water partition coefficient (Wildman–Crippen LogP) is 5.71. The molecule has 0 unspecified atom stereocenters. The van der Waals surface area contributed by atoms with Crippen LogP contribution in [-0.4, -0.2) is 23.0 Å². The van der Waals surface area contributed by atoms with E-state index in [1.807, 2.05) is 19.1 Å². The molecule has 1 saturated heterocycles. The molecule has 164 valence electrons. The average Bonchev–Trinajstić information content (AvgIpc) is 2.66. The number of piperidine rings is 1. The number of carbonyl (C=O) groups excluding carboxylic acids is 1. The fourth-order valence-corrected chi connectivity index (χ4v) is 5.08. The largest absolute Gasteiger partial charge is 0.455 e. The molecular weight excluding hydrogens is 454 g/mol. The minimum absolute atomic E-state index is 0.0382.